The van der Waals surface area contributed by atoms with Crippen molar-refractivity contribution in [2.75, 3.05) is 60.3 Å². The lowest BCUT2D eigenvalue weighted by Crippen LogP contribution is -2.36. The van der Waals surface area contributed by atoms with Crippen LogP contribution in [-0.2, 0) is 18.6 Å². The van der Waals surface area contributed by atoms with E-state index in [1.165, 1.54) is 148 Å². The van der Waals surface area contributed by atoms with Crippen molar-refractivity contribution >= 4 is 7.60 Å². The molecule has 0 aliphatic heterocycles. The number of unbranched alkanes of at least 4 members (excludes halogenated alkanes) is 23. The van der Waals surface area contributed by atoms with Gasteiger partial charge in [0.2, 0.25) is 0 Å². The van der Waals surface area contributed by atoms with Gasteiger partial charge in [-0.3, -0.25) is 0 Å². The third-order valence-corrected chi connectivity index (χ3v) is 10.6. The molecule has 0 aliphatic carbocycles. The molecule has 0 aliphatic rings. The predicted octanol–water partition coefficient (Wildman–Crippen LogP) is 11.8. The number of nitrogens with zero attached hydrogens (tertiary/aromatic N) is 1. The van der Waals surface area contributed by atoms with Gasteiger partial charge in [0.15, 0.2) is 0 Å². The summed E-state index contributed by atoms with van der Waals surface area (Å²) in [4.78, 5) is 12.6. The minimum absolute atomic E-state index is 0.0516. The molecule has 0 bridgehead atoms. The third kappa shape index (κ3) is 38.6. The van der Waals surface area contributed by atoms with Gasteiger partial charge in [0.25, 0.3) is 0 Å². The van der Waals surface area contributed by atoms with E-state index in [2.05, 4.69) is 47.1 Å². The van der Waals surface area contributed by atoms with E-state index in [4.69, 9.17) is 14.0 Å². The summed E-state index contributed by atoms with van der Waals surface area (Å²) in [5, 5.41) is 0. The molecular formula is C41H84NO5P. The van der Waals surface area contributed by atoms with Gasteiger partial charge in [-0.15, -0.1) is 0 Å². The zero-order chi connectivity index (χ0) is 35.4. The Balaban J connectivity index is 4.12. The molecule has 0 radical (unpaired) electrons. The second-order valence-corrected chi connectivity index (χ2v) is 17.3. The maximum Gasteiger partial charge on any atom is 0.135 e. The Morgan fingerprint density at radius 1 is 0.562 bits per heavy atom. The van der Waals surface area contributed by atoms with Gasteiger partial charge >= 0.3 is 0 Å². The first-order chi connectivity index (χ1) is 23.2. The Morgan fingerprint density at radius 2 is 0.979 bits per heavy atom. The quantitative estimate of drug-likeness (QED) is 0.0276. The summed E-state index contributed by atoms with van der Waals surface area (Å²) in [5.74, 6) is 0. The van der Waals surface area contributed by atoms with Crippen LogP contribution in [0.5, 0.6) is 0 Å². The van der Waals surface area contributed by atoms with Crippen LogP contribution in [0.3, 0.4) is 0 Å². The number of allylic oxidation sites excluding steroid dienone is 2. The highest BCUT2D eigenvalue weighted by Gasteiger charge is 2.17. The highest BCUT2D eigenvalue weighted by Crippen LogP contribution is 2.37. The first-order valence-electron chi connectivity index (χ1n) is 20.8. The van der Waals surface area contributed by atoms with Crippen molar-refractivity contribution in [1.29, 1.82) is 0 Å². The van der Waals surface area contributed by atoms with E-state index in [0.29, 0.717) is 26.2 Å². The molecule has 0 fully saturated rings. The Kier molecular flexibility index (Phi) is 35.0. The smallest absolute Gasteiger partial charge is 0.135 e. The largest absolute Gasteiger partial charge is 0.778 e. The van der Waals surface area contributed by atoms with E-state index in [0.717, 1.165) is 30.3 Å². The number of hydrogen-bond donors (Lipinski definition) is 0. The fraction of sp³-hybridized carbons (Fsp3) is 0.951. The summed E-state index contributed by atoms with van der Waals surface area (Å²) in [5.41, 5.74) is 0. The van der Waals surface area contributed by atoms with Crippen LogP contribution in [0.15, 0.2) is 12.2 Å². The molecule has 0 aromatic heterocycles. The number of hydrogen-bond acceptors (Lipinski definition) is 5. The molecular weight excluding hydrogens is 617 g/mol. The zero-order valence-electron chi connectivity index (χ0n) is 33.0. The molecule has 2 unspecified atom stereocenters. The van der Waals surface area contributed by atoms with E-state index in [9.17, 15) is 9.46 Å². The average molecular weight is 702 g/mol. The Labute approximate surface area is 300 Å². The van der Waals surface area contributed by atoms with Gasteiger partial charge in [-0.25, -0.2) is 0 Å². The fourth-order valence-electron chi connectivity index (χ4n) is 6.00. The van der Waals surface area contributed by atoms with Gasteiger partial charge in [-0.1, -0.05) is 154 Å². The van der Waals surface area contributed by atoms with E-state index in [1.54, 1.807) is 0 Å². The van der Waals surface area contributed by atoms with E-state index in [1.807, 2.05) is 0 Å². The number of rotatable bonds is 39. The fourth-order valence-corrected chi connectivity index (χ4v) is 7.05. The monoisotopic (exact) mass is 702 g/mol. The molecule has 0 rings (SSSR count). The van der Waals surface area contributed by atoms with Crippen molar-refractivity contribution in [3.8, 4) is 0 Å². The Bertz CT molecular complexity index is 726. The molecule has 0 amide bonds. The Hall–Kier alpha value is -0.230. The zero-order valence-corrected chi connectivity index (χ0v) is 33.9. The molecule has 2 atom stereocenters. The lowest BCUT2D eigenvalue weighted by molar-refractivity contribution is -0.870. The molecule has 7 heteroatoms. The highest BCUT2D eigenvalue weighted by molar-refractivity contribution is 7.51. The van der Waals surface area contributed by atoms with Crippen LogP contribution in [0.1, 0.15) is 187 Å². The topological polar surface area (TPSA) is 67.8 Å². The molecule has 0 spiro atoms. The van der Waals surface area contributed by atoms with E-state index < -0.39 is 7.60 Å². The lowest BCUT2D eigenvalue weighted by Gasteiger charge is -2.28. The number of ether oxygens (including phenoxy) is 2. The Morgan fingerprint density at radius 3 is 1.46 bits per heavy atom. The van der Waals surface area contributed by atoms with Gasteiger partial charge in [-0.2, -0.15) is 0 Å². The molecule has 48 heavy (non-hydrogen) atoms. The van der Waals surface area contributed by atoms with Crippen LogP contribution < -0.4 is 4.89 Å². The van der Waals surface area contributed by atoms with Gasteiger partial charge in [0, 0.05) is 25.8 Å². The predicted molar refractivity (Wildman–Crippen MR) is 207 cm³/mol. The SMILES string of the molecule is CCCCCC/C=C/CCCCCCCCOC(COCCCCCCCCCCCCCCCC)COP(=O)([O-])CCC[N+](C)(C)C. The van der Waals surface area contributed by atoms with Gasteiger partial charge < -0.3 is 27.9 Å². The third-order valence-electron chi connectivity index (χ3n) is 9.17. The summed E-state index contributed by atoms with van der Waals surface area (Å²) in [6.45, 7) is 7.11. The first kappa shape index (κ1) is 47.8. The standard InChI is InChI=1S/C41H84NO5P/c1-6-8-10-12-14-16-18-20-22-24-26-28-30-32-36-45-39-41(40-47-48(43,44)38-34-35-42(3,4)5)46-37-33-31-29-27-25-23-21-19-17-15-13-11-9-7-2/h17,19,41H,6-16,18,20-40H2,1-5H3/b19-17+. The molecule has 6 nitrogen and oxygen atoms in total. The van der Waals surface area contributed by atoms with Crippen molar-refractivity contribution in [3.05, 3.63) is 12.2 Å². The van der Waals surface area contributed by atoms with Crippen molar-refractivity contribution in [3.63, 3.8) is 0 Å². The van der Waals surface area contributed by atoms with Crippen LogP contribution in [-0.4, -0.2) is 70.9 Å². The van der Waals surface area contributed by atoms with Crippen LogP contribution in [0.4, 0.5) is 0 Å². The van der Waals surface area contributed by atoms with Gasteiger partial charge in [0.05, 0.1) is 40.9 Å². The summed E-state index contributed by atoms with van der Waals surface area (Å²) in [7, 11) is 2.34. The van der Waals surface area contributed by atoms with Gasteiger partial charge in [0.1, 0.15) is 13.7 Å². The van der Waals surface area contributed by atoms with Crippen LogP contribution in [0.2, 0.25) is 0 Å². The molecule has 0 saturated carbocycles. The second kappa shape index (κ2) is 35.2. The lowest BCUT2D eigenvalue weighted by atomic mass is 10.0. The van der Waals surface area contributed by atoms with Crippen molar-refractivity contribution in [2.24, 2.45) is 0 Å². The van der Waals surface area contributed by atoms with E-state index in [-0.39, 0.29) is 18.9 Å². The molecule has 288 valence electrons. The van der Waals surface area contributed by atoms with Crippen molar-refractivity contribution in [2.45, 2.75) is 193 Å². The molecule has 0 aromatic rings. The second-order valence-electron chi connectivity index (χ2n) is 15.4. The van der Waals surface area contributed by atoms with Crippen LogP contribution >= 0.6 is 7.60 Å². The molecule has 0 saturated heterocycles. The highest BCUT2D eigenvalue weighted by atomic mass is 31.2. The molecule has 0 aromatic carbocycles. The van der Waals surface area contributed by atoms with Crippen molar-refractivity contribution in [1.82, 2.24) is 0 Å². The first-order valence-corrected chi connectivity index (χ1v) is 22.5. The summed E-state index contributed by atoms with van der Waals surface area (Å²) in [6, 6.07) is 0. The van der Waals surface area contributed by atoms with Gasteiger partial charge in [-0.05, 0) is 38.5 Å². The summed E-state index contributed by atoms with van der Waals surface area (Å²) in [6.07, 6.45) is 38.8. The minimum atomic E-state index is -3.88. The van der Waals surface area contributed by atoms with Crippen molar-refractivity contribution < 1.29 is 27.9 Å². The maximum absolute atomic E-state index is 12.6. The minimum Gasteiger partial charge on any atom is -0.778 e. The van der Waals surface area contributed by atoms with Crippen LogP contribution in [0.25, 0.3) is 0 Å². The summed E-state index contributed by atoms with van der Waals surface area (Å²) >= 11 is 0. The molecule has 0 heterocycles. The number of quaternary nitrogens is 1. The summed E-state index contributed by atoms with van der Waals surface area (Å²) < 4.78 is 30.8. The molecule has 0 N–H and O–H groups in total. The maximum atomic E-state index is 12.6. The normalized spacial score (nSPS) is 14.2. The average Bonchev–Trinajstić information content (AvgIpc) is 3.04. The van der Waals surface area contributed by atoms with E-state index >= 15 is 0 Å². The van der Waals surface area contributed by atoms with Crippen LogP contribution in [0, 0.1) is 0 Å².